The van der Waals surface area contributed by atoms with Gasteiger partial charge in [0.15, 0.2) is 16.7 Å². The number of hydrogen-bond donors (Lipinski definition) is 2. The topological polar surface area (TPSA) is 78.4 Å². The number of urea groups is 1. The van der Waals surface area contributed by atoms with Crippen molar-refractivity contribution in [2.45, 2.75) is 45.8 Å². The third kappa shape index (κ3) is 2.70. The summed E-state index contributed by atoms with van der Waals surface area (Å²) in [6, 6.07) is 1.33. The summed E-state index contributed by atoms with van der Waals surface area (Å²) in [5.74, 6) is 0.141. The summed E-state index contributed by atoms with van der Waals surface area (Å²) in [5.41, 5.74) is -0.789. The fourth-order valence-electron chi connectivity index (χ4n) is 2.31. The maximum atomic E-state index is 12.1. The first-order valence-electron chi connectivity index (χ1n) is 6.91. The Kier molecular flexibility index (Phi) is 3.88. The van der Waals surface area contributed by atoms with Crippen LogP contribution in [0.3, 0.4) is 0 Å². The molecule has 0 aromatic carbocycles. The lowest BCUT2D eigenvalue weighted by Crippen LogP contribution is -2.52. The first-order chi connectivity index (χ1) is 9.57. The van der Waals surface area contributed by atoms with E-state index in [1.54, 1.807) is 6.07 Å². The Morgan fingerprint density at radius 3 is 2.57 bits per heavy atom. The van der Waals surface area contributed by atoms with Crippen molar-refractivity contribution in [1.82, 2.24) is 15.5 Å². The van der Waals surface area contributed by atoms with Crippen molar-refractivity contribution in [2.24, 2.45) is 5.92 Å². The summed E-state index contributed by atoms with van der Waals surface area (Å²) in [4.78, 5) is 13.4. The summed E-state index contributed by atoms with van der Waals surface area (Å²) in [6.45, 7) is 9.84. The van der Waals surface area contributed by atoms with Crippen molar-refractivity contribution < 1.29 is 9.90 Å². The van der Waals surface area contributed by atoms with E-state index in [2.05, 4.69) is 15.5 Å². The molecule has 6 nitrogen and oxygen atoms in total. The number of carbonyl (C=O) groups excluding carboxylic acids is 1. The molecular weight excluding hydrogens is 292 g/mol. The van der Waals surface area contributed by atoms with E-state index >= 15 is 0 Å². The largest absolute Gasteiger partial charge is 0.368 e. The second kappa shape index (κ2) is 5.10. The van der Waals surface area contributed by atoms with E-state index in [9.17, 15) is 9.90 Å². The van der Waals surface area contributed by atoms with E-state index < -0.39 is 5.72 Å². The predicted octanol–water partition coefficient (Wildman–Crippen LogP) is 2.30. The smallest absolute Gasteiger partial charge is 0.325 e. The maximum Gasteiger partial charge on any atom is 0.325 e. The van der Waals surface area contributed by atoms with Crippen LogP contribution < -0.4 is 10.2 Å². The highest BCUT2D eigenvalue weighted by atomic mass is 35.5. The number of halogens is 1. The van der Waals surface area contributed by atoms with Gasteiger partial charge in [0.1, 0.15) is 0 Å². The summed E-state index contributed by atoms with van der Waals surface area (Å²) in [7, 11) is 0. The second-order valence-corrected chi connectivity index (χ2v) is 7.04. The number of nitrogens with zero attached hydrogens (tertiary/aromatic N) is 3. The minimum Gasteiger partial charge on any atom is -0.368 e. The van der Waals surface area contributed by atoms with Gasteiger partial charge in [-0.3, -0.25) is 0 Å². The maximum absolute atomic E-state index is 12.1. The zero-order valence-electron chi connectivity index (χ0n) is 12.9. The van der Waals surface area contributed by atoms with Gasteiger partial charge in [0.25, 0.3) is 0 Å². The monoisotopic (exact) mass is 312 g/mol. The summed E-state index contributed by atoms with van der Waals surface area (Å²) < 4.78 is 0. The number of β-amino-alcohol motifs (C(OH)–C–C–N with tert-alkyl or cyclic N) is 1. The summed E-state index contributed by atoms with van der Waals surface area (Å²) in [5, 5.41) is 21.6. The normalized spacial score (nSPS) is 22.9. The molecule has 1 aromatic heterocycles. The molecule has 1 atom stereocenters. The minimum atomic E-state index is -1.32. The Bertz CT molecular complexity index is 571. The Hall–Kier alpha value is -1.40. The predicted molar refractivity (Wildman–Crippen MR) is 81.4 cm³/mol. The SMILES string of the molecule is CC(C)C1(O)CNC(=O)N1c1cc(C(C)(C)C)c(Cl)nn1. The Morgan fingerprint density at radius 1 is 1.43 bits per heavy atom. The van der Waals surface area contributed by atoms with Gasteiger partial charge in [-0.25, -0.2) is 9.69 Å². The molecule has 1 aromatic rings. The van der Waals surface area contributed by atoms with Crippen molar-refractivity contribution in [3.8, 4) is 0 Å². The molecule has 0 radical (unpaired) electrons. The molecule has 0 saturated carbocycles. The van der Waals surface area contributed by atoms with Crippen LogP contribution in [0.15, 0.2) is 6.07 Å². The number of hydrogen-bond acceptors (Lipinski definition) is 4. The highest BCUT2D eigenvalue weighted by Crippen LogP contribution is 2.34. The molecule has 1 unspecified atom stereocenters. The van der Waals surface area contributed by atoms with E-state index in [0.29, 0.717) is 11.0 Å². The molecule has 7 heteroatoms. The molecule has 2 heterocycles. The number of carbonyl (C=O) groups is 1. The lowest BCUT2D eigenvalue weighted by molar-refractivity contribution is 0.0187. The fraction of sp³-hybridized carbons (Fsp3) is 0.643. The zero-order chi connectivity index (χ0) is 16.0. The second-order valence-electron chi connectivity index (χ2n) is 6.68. The minimum absolute atomic E-state index is 0.151. The van der Waals surface area contributed by atoms with Gasteiger partial charge >= 0.3 is 6.03 Å². The molecule has 2 N–H and O–H groups in total. The lowest BCUT2D eigenvalue weighted by atomic mass is 9.88. The van der Waals surface area contributed by atoms with Crippen LogP contribution in [0, 0.1) is 5.92 Å². The van der Waals surface area contributed by atoms with Crippen LogP contribution in [-0.2, 0) is 5.41 Å². The Labute approximate surface area is 129 Å². The average Bonchev–Trinajstić information content (AvgIpc) is 2.66. The number of aliphatic hydroxyl groups is 1. The van der Waals surface area contributed by atoms with Gasteiger partial charge in [0.05, 0.1) is 6.54 Å². The highest BCUT2D eigenvalue weighted by Gasteiger charge is 2.48. The van der Waals surface area contributed by atoms with Crippen LogP contribution in [-0.4, -0.2) is 33.6 Å². The number of amides is 2. The summed E-state index contributed by atoms with van der Waals surface area (Å²) >= 11 is 6.10. The van der Waals surface area contributed by atoms with Crippen LogP contribution in [0.1, 0.15) is 40.2 Å². The molecule has 0 aliphatic carbocycles. The molecule has 116 valence electrons. The third-order valence-corrected chi connectivity index (χ3v) is 4.07. The molecule has 1 saturated heterocycles. The molecule has 2 rings (SSSR count). The zero-order valence-corrected chi connectivity index (χ0v) is 13.7. The van der Waals surface area contributed by atoms with E-state index in [0.717, 1.165) is 5.56 Å². The Morgan fingerprint density at radius 2 is 2.05 bits per heavy atom. The molecule has 1 aliphatic heterocycles. The fourth-order valence-corrected chi connectivity index (χ4v) is 2.68. The number of anilines is 1. The van der Waals surface area contributed by atoms with E-state index in [1.165, 1.54) is 4.90 Å². The van der Waals surface area contributed by atoms with Crippen molar-refractivity contribution in [3.05, 3.63) is 16.8 Å². The van der Waals surface area contributed by atoms with Crippen LogP contribution >= 0.6 is 11.6 Å². The highest BCUT2D eigenvalue weighted by molar-refractivity contribution is 6.30. The van der Waals surface area contributed by atoms with Crippen molar-refractivity contribution in [2.75, 3.05) is 11.4 Å². The summed E-state index contributed by atoms with van der Waals surface area (Å²) in [6.07, 6.45) is 0. The van der Waals surface area contributed by atoms with Gasteiger partial charge in [-0.05, 0) is 11.5 Å². The third-order valence-electron chi connectivity index (χ3n) is 3.79. The van der Waals surface area contributed by atoms with E-state index in [1.807, 2.05) is 34.6 Å². The van der Waals surface area contributed by atoms with Crippen molar-refractivity contribution >= 4 is 23.4 Å². The van der Waals surface area contributed by atoms with E-state index in [-0.39, 0.29) is 23.9 Å². The van der Waals surface area contributed by atoms with Gasteiger partial charge in [-0.15, -0.1) is 10.2 Å². The standard InChI is InChI=1S/C14H21ClN4O2/c1-8(2)14(21)7-16-12(20)19(14)10-6-9(13(3,4)5)11(15)18-17-10/h6,8,21H,7H2,1-5H3,(H,16,20). The number of aromatic nitrogens is 2. The molecule has 21 heavy (non-hydrogen) atoms. The van der Waals surface area contributed by atoms with Gasteiger partial charge in [0.2, 0.25) is 0 Å². The Balaban J connectivity index is 2.53. The van der Waals surface area contributed by atoms with Gasteiger partial charge in [-0.2, -0.15) is 0 Å². The number of nitrogens with one attached hydrogen (secondary N) is 1. The van der Waals surface area contributed by atoms with Crippen LogP contribution in [0.25, 0.3) is 0 Å². The van der Waals surface area contributed by atoms with E-state index in [4.69, 9.17) is 11.6 Å². The lowest BCUT2D eigenvalue weighted by Gasteiger charge is -2.34. The molecule has 1 fully saturated rings. The van der Waals surface area contributed by atoms with Crippen molar-refractivity contribution in [1.29, 1.82) is 0 Å². The molecule has 1 aliphatic rings. The van der Waals surface area contributed by atoms with Gasteiger partial charge in [-0.1, -0.05) is 46.2 Å². The first kappa shape index (κ1) is 16.0. The number of rotatable bonds is 2. The quantitative estimate of drug-likeness (QED) is 0.878. The van der Waals surface area contributed by atoms with Gasteiger partial charge in [0, 0.05) is 11.5 Å². The average molecular weight is 313 g/mol. The molecular formula is C14H21ClN4O2. The van der Waals surface area contributed by atoms with Crippen LogP contribution in [0.4, 0.5) is 10.6 Å². The van der Waals surface area contributed by atoms with Gasteiger partial charge < -0.3 is 10.4 Å². The first-order valence-corrected chi connectivity index (χ1v) is 7.29. The van der Waals surface area contributed by atoms with Crippen LogP contribution in [0.2, 0.25) is 5.15 Å². The molecule has 2 amide bonds. The molecule has 0 spiro atoms. The molecule has 0 bridgehead atoms. The van der Waals surface area contributed by atoms with Crippen molar-refractivity contribution in [3.63, 3.8) is 0 Å². The van der Waals surface area contributed by atoms with Crippen LogP contribution in [0.5, 0.6) is 0 Å².